The Bertz CT molecular complexity index is 302. The average molecular weight is 290 g/mol. The van der Waals surface area contributed by atoms with Gasteiger partial charge in [0.25, 0.3) is 0 Å². The monoisotopic (exact) mass is 290 g/mol. The summed E-state index contributed by atoms with van der Waals surface area (Å²) < 4.78 is -0.661. The molecule has 0 radical (unpaired) electrons. The topological polar surface area (TPSA) is 83.6 Å². The Morgan fingerprint density at radius 1 is 1.26 bits per heavy atom. The van der Waals surface area contributed by atoms with Gasteiger partial charge in [0.15, 0.2) is 0 Å². The third-order valence-electron chi connectivity index (χ3n) is 2.92. The zero-order valence-electron chi connectivity index (χ0n) is 12.3. The molecule has 0 aromatic rings. The molecular weight excluding hydrogens is 264 g/mol. The highest BCUT2D eigenvalue weighted by Crippen LogP contribution is 2.27. The summed E-state index contributed by atoms with van der Waals surface area (Å²) in [6.07, 6.45) is 1.85. The maximum atomic E-state index is 12.1. The number of carboxylic acids is 1. The maximum Gasteiger partial charge on any atom is 0.321 e. The predicted octanol–water partition coefficient (Wildman–Crippen LogP) is 1.56. The second kappa shape index (κ2) is 8.43. The number of thioether (sulfide) groups is 1. The van der Waals surface area contributed by atoms with E-state index < -0.39 is 16.8 Å². The van der Waals surface area contributed by atoms with Crippen LogP contribution in [0.1, 0.15) is 40.5 Å². The van der Waals surface area contributed by atoms with E-state index in [1.807, 2.05) is 18.7 Å². The summed E-state index contributed by atoms with van der Waals surface area (Å²) in [7, 11) is 0. The SMILES string of the molecule is CCCN(CCC)C(=O)CSC(C)(C)[C@H](N)C(=O)O. The van der Waals surface area contributed by atoms with Gasteiger partial charge in [-0.2, -0.15) is 0 Å². The minimum absolute atomic E-state index is 0.0550. The van der Waals surface area contributed by atoms with E-state index in [1.165, 1.54) is 11.8 Å². The predicted molar refractivity (Wildman–Crippen MR) is 79.3 cm³/mol. The lowest BCUT2D eigenvalue weighted by Crippen LogP contribution is -2.47. The highest BCUT2D eigenvalue weighted by atomic mass is 32.2. The van der Waals surface area contributed by atoms with E-state index in [9.17, 15) is 9.59 Å². The number of nitrogens with zero attached hydrogens (tertiary/aromatic N) is 1. The molecule has 1 amide bonds. The second-order valence-electron chi connectivity index (χ2n) is 5.09. The fourth-order valence-corrected chi connectivity index (χ4v) is 2.59. The average Bonchev–Trinajstić information content (AvgIpc) is 2.34. The lowest BCUT2D eigenvalue weighted by Gasteiger charge is -2.29. The minimum atomic E-state index is -1.04. The molecule has 0 aromatic heterocycles. The Morgan fingerprint density at radius 3 is 2.11 bits per heavy atom. The van der Waals surface area contributed by atoms with Crippen LogP contribution in [0, 0.1) is 0 Å². The number of hydrogen-bond acceptors (Lipinski definition) is 4. The van der Waals surface area contributed by atoms with Gasteiger partial charge in [-0.15, -0.1) is 11.8 Å². The second-order valence-corrected chi connectivity index (χ2v) is 6.72. The van der Waals surface area contributed by atoms with Gasteiger partial charge in [0.1, 0.15) is 6.04 Å². The molecular formula is C13H26N2O3S. The molecule has 0 aliphatic heterocycles. The Labute approximate surface area is 119 Å². The van der Waals surface area contributed by atoms with Gasteiger partial charge in [-0.1, -0.05) is 13.8 Å². The summed E-state index contributed by atoms with van der Waals surface area (Å²) in [4.78, 5) is 24.8. The van der Waals surface area contributed by atoms with Crippen LogP contribution in [0.3, 0.4) is 0 Å². The van der Waals surface area contributed by atoms with Crippen molar-refractivity contribution in [2.75, 3.05) is 18.8 Å². The van der Waals surface area contributed by atoms with Gasteiger partial charge in [-0.05, 0) is 26.7 Å². The summed E-state index contributed by atoms with van der Waals surface area (Å²) >= 11 is 1.31. The molecule has 0 aliphatic rings. The molecule has 0 saturated heterocycles. The molecule has 0 unspecified atom stereocenters. The Hall–Kier alpha value is -0.750. The van der Waals surface area contributed by atoms with Crippen LogP contribution in [0.4, 0.5) is 0 Å². The van der Waals surface area contributed by atoms with Crippen LogP contribution in [0.5, 0.6) is 0 Å². The first-order chi connectivity index (χ1) is 8.76. The molecule has 0 bridgehead atoms. The Kier molecular flexibility index (Phi) is 8.09. The van der Waals surface area contributed by atoms with Crippen molar-refractivity contribution in [3.8, 4) is 0 Å². The number of rotatable bonds is 9. The first-order valence-corrected chi connectivity index (χ1v) is 7.64. The van der Waals surface area contributed by atoms with E-state index in [0.717, 1.165) is 25.9 Å². The molecule has 0 spiro atoms. The number of amides is 1. The molecule has 112 valence electrons. The number of nitrogens with two attached hydrogens (primary N) is 1. The van der Waals surface area contributed by atoms with Crippen molar-refractivity contribution in [1.29, 1.82) is 0 Å². The number of carbonyl (C=O) groups excluding carboxylic acids is 1. The van der Waals surface area contributed by atoms with E-state index in [4.69, 9.17) is 10.8 Å². The first kappa shape index (κ1) is 18.2. The van der Waals surface area contributed by atoms with Gasteiger partial charge >= 0.3 is 5.97 Å². The first-order valence-electron chi connectivity index (χ1n) is 6.66. The Morgan fingerprint density at radius 2 is 1.74 bits per heavy atom. The molecule has 3 N–H and O–H groups in total. The molecule has 0 saturated carbocycles. The summed E-state index contributed by atoms with van der Waals surface area (Å²) in [5, 5.41) is 8.93. The minimum Gasteiger partial charge on any atom is -0.480 e. The van der Waals surface area contributed by atoms with Gasteiger partial charge in [0, 0.05) is 17.8 Å². The fraction of sp³-hybridized carbons (Fsp3) is 0.846. The van der Waals surface area contributed by atoms with Crippen molar-refractivity contribution < 1.29 is 14.7 Å². The number of hydrogen-bond donors (Lipinski definition) is 2. The lowest BCUT2D eigenvalue weighted by atomic mass is 10.1. The van der Waals surface area contributed by atoms with Crippen LogP contribution in [0.25, 0.3) is 0 Å². The van der Waals surface area contributed by atoms with Gasteiger partial charge in [0.05, 0.1) is 5.75 Å². The molecule has 0 aromatic carbocycles. The number of carboxylic acid groups (broad SMARTS) is 1. The maximum absolute atomic E-state index is 12.1. The van der Waals surface area contributed by atoms with Gasteiger partial charge in [0.2, 0.25) is 5.91 Å². The molecule has 0 fully saturated rings. The fourth-order valence-electron chi connectivity index (χ4n) is 1.63. The lowest BCUT2D eigenvalue weighted by molar-refractivity contribution is -0.139. The van der Waals surface area contributed by atoms with Crippen LogP contribution in [0.15, 0.2) is 0 Å². The van der Waals surface area contributed by atoms with Gasteiger partial charge < -0.3 is 15.7 Å². The zero-order chi connectivity index (χ0) is 15.1. The van der Waals surface area contributed by atoms with Gasteiger partial charge in [-0.3, -0.25) is 9.59 Å². The molecule has 19 heavy (non-hydrogen) atoms. The van der Waals surface area contributed by atoms with E-state index >= 15 is 0 Å². The largest absolute Gasteiger partial charge is 0.480 e. The number of aliphatic carboxylic acids is 1. The van der Waals surface area contributed by atoms with Crippen LogP contribution in [-0.4, -0.2) is 51.5 Å². The van der Waals surface area contributed by atoms with Crippen molar-refractivity contribution in [3.05, 3.63) is 0 Å². The van der Waals surface area contributed by atoms with Crippen LogP contribution in [-0.2, 0) is 9.59 Å². The Balaban J connectivity index is 4.44. The van der Waals surface area contributed by atoms with E-state index in [0.29, 0.717) is 0 Å². The normalized spacial score (nSPS) is 13.1. The standard InChI is InChI=1S/C13H26N2O3S/c1-5-7-15(8-6-2)10(16)9-19-13(3,4)11(14)12(17)18/h11H,5-9,14H2,1-4H3,(H,17,18)/t11-/m1/s1. The number of carbonyl (C=O) groups is 2. The summed E-state index contributed by atoms with van der Waals surface area (Å²) in [5.41, 5.74) is 5.63. The quantitative estimate of drug-likeness (QED) is 0.673. The van der Waals surface area contributed by atoms with E-state index in [2.05, 4.69) is 0 Å². The molecule has 6 heteroatoms. The van der Waals surface area contributed by atoms with Crippen molar-refractivity contribution in [2.24, 2.45) is 5.73 Å². The summed E-state index contributed by atoms with van der Waals surface area (Å²) in [6, 6.07) is -0.976. The molecule has 0 rings (SSSR count). The van der Waals surface area contributed by atoms with Crippen molar-refractivity contribution in [3.63, 3.8) is 0 Å². The summed E-state index contributed by atoms with van der Waals surface area (Å²) in [5.74, 6) is -0.711. The van der Waals surface area contributed by atoms with Crippen molar-refractivity contribution >= 4 is 23.6 Å². The molecule has 0 aliphatic carbocycles. The van der Waals surface area contributed by atoms with E-state index in [-0.39, 0.29) is 11.7 Å². The highest BCUT2D eigenvalue weighted by molar-refractivity contribution is 8.01. The third kappa shape index (κ3) is 6.29. The summed E-state index contributed by atoms with van der Waals surface area (Å²) in [6.45, 7) is 9.08. The highest BCUT2D eigenvalue weighted by Gasteiger charge is 2.33. The van der Waals surface area contributed by atoms with Crippen LogP contribution < -0.4 is 5.73 Å². The van der Waals surface area contributed by atoms with E-state index in [1.54, 1.807) is 13.8 Å². The third-order valence-corrected chi connectivity index (χ3v) is 4.31. The molecule has 0 heterocycles. The van der Waals surface area contributed by atoms with Crippen molar-refractivity contribution in [2.45, 2.75) is 51.3 Å². The smallest absolute Gasteiger partial charge is 0.321 e. The zero-order valence-corrected chi connectivity index (χ0v) is 13.1. The van der Waals surface area contributed by atoms with Gasteiger partial charge in [-0.25, -0.2) is 0 Å². The van der Waals surface area contributed by atoms with Crippen LogP contribution >= 0.6 is 11.8 Å². The molecule has 5 nitrogen and oxygen atoms in total. The van der Waals surface area contributed by atoms with Crippen molar-refractivity contribution in [1.82, 2.24) is 4.90 Å². The molecule has 1 atom stereocenters. The van der Waals surface area contributed by atoms with Crippen LogP contribution in [0.2, 0.25) is 0 Å².